The minimum atomic E-state index is -3.88. The normalized spacial score (nSPS) is 11.0. The summed E-state index contributed by atoms with van der Waals surface area (Å²) in [4.78, 5) is 21.1. The zero-order valence-electron chi connectivity index (χ0n) is 16.6. The zero-order valence-corrected chi connectivity index (χ0v) is 18.2. The van der Waals surface area contributed by atoms with Crippen molar-refractivity contribution in [3.8, 4) is 5.75 Å². The topological polar surface area (TPSA) is 124 Å². The van der Waals surface area contributed by atoms with E-state index in [0.29, 0.717) is 17.9 Å². The van der Waals surface area contributed by atoms with Crippen LogP contribution in [-0.4, -0.2) is 31.4 Å². The van der Waals surface area contributed by atoms with Gasteiger partial charge in [-0.15, -0.1) is 0 Å². The van der Waals surface area contributed by atoms with E-state index in [2.05, 4.69) is 21.9 Å². The lowest BCUT2D eigenvalue weighted by molar-refractivity contribution is -0.111. The van der Waals surface area contributed by atoms with Gasteiger partial charge in [0.2, 0.25) is 15.9 Å². The van der Waals surface area contributed by atoms with Crippen LogP contribution in [0.25, 0.3) is 0 Å². The van der Waals surface area contributed by atoms with Crippen molar-refractivity contribution in [2.75, 3.05) is 12.4 Å². The Morgan fingerprint density at radius 3 is 2.61 bits per heavy atom. The Labute approximate surface area is 184 Å². The zero-order chi connectivity index (χ0) is 22.4. The number of anilines is 1. The molecule has 0 saturated carbocycles. The summed E-state index contributed by atoms with van der Waals surface area (Å²) < 4.78 is 28.4. The predicted molar refractivity (Wildman–Crippen MR) is 119 cm³/mol. The van der Waals surface area contributed by atoms with Gasteiger partial charge in [0.15, 0.2) is 0 Å². The Morgan fingerprint density at radius 2 is 1.97 bits per heavy atom. The van der Waals surface area contributed by atoms with E-state index in [-0.39, 0.29) is 16.6 Å². The average Bonchev–Trinajstić information content (AvgIpc) is 2.74. The molecule has 3 rings (SSSR count). The van der Waals surface area contributed by atoms with Gasteiger partial charge >= 0.3 is 0 Å². The summed E-state index contributed by atoms with van der Waals surface area (Å²) in [5.74, 6) is 0.481. The van der Waals surface area contributed by atoms with Crippen LogP contribution in [0.3, 0.4) is 0 Å². The summed E-state index contributed by atoms with van der Waals surface area (Å²) >= 11 is 1.45. The number of methoxy groups -OCH3 is 1. The number of carbonyl (C=O) groups is 1. The number of sulfonamides is 1. The molecule has 3 N–H and O–H groups in total. The van der Waals surface area contributed by atoms with Gasteiger partial charge in [0.1, 0.15) is 21.5 Å². The highest BCUT2D eigenvalue weighted by molar-refractivity contribution is 7.99. The molecular weight excluding hydrogens is 436 g/mol. The van der Waals surface area contributed by atoms with Crippen molar-refractivity contribution in [2.24, 2.45) is 5.14 Å². The fourth-order valence-electron chi connectivity index (χ4n) is 2.68. The molecule has 0 bridgehead atoms. The summed E-state index contributed by atoms with van der Waals surface area (Å²) in [5, 5.41) is 8.65. The van der Waals surface area contributed by atoms with Gasteiger partial charge < -0.3 is 10.1 Å². The third-order valence-electron chi connectivity index (χ3n) is 4.11. The molecule has 1 heterocycles. The first kappa shape index (κ1) is 22.5. The maximum Gasteiger partial charge on any atom is 0.247 e. The van der Waals surface area contributed by atoms with Crippen LogP contribution in [0.4, 0.5) is 5.69 Å². The molecule has 1 amide bonds. The van der Waals surface area contributed by atoms with E-state index < -0.39 is 10.0 Å². The SMILES string of the molecule is C=CC(=O)Nc1ccc(Sc2ccnc(Cc3ccc(S(N)(=O)=O)c(OC)c3)n2)cc1. The predicted octanol–water partition coefficient (Wildman–Crippen LogP) is 3.00. The second-order valence-corrected chi connectivity index (χ2v) is 8.96. The lowest BCUT2D eigenvalue weighted by Crippen LogP contribution is -2.13. The van der Waals surface area contributed by atoms with Gasteiger partial charge in [-0.05, 0) is 54.1 Å². The number of carbonyl (C=O) groups excluding carboxylic acids is 1. The van der Waals surface area contributed by atoms with Crippen LogP contribution >= 0.6 is 11.8 Å². The van der Waals surface area contributed by atoms with Crippen LogP contribution in [0.5, 0.6) is 5.75 Å². The van der Waals surface area contributed by atoms with E-state index >= 15 is 0 Å². The number of rotatable bonds is 8. The number of ether oxygens (including phenoxy) is 1. The summed E-state index contributed by atoms with van der Waals surface area (Å²) in [7, 11) is -2.49. The molecule has 0 spiro atoms. The summed E-state index contributed by atoms with van der Waals surface area (Å²) in [6.07, 6.45) is 3.27. The van der Waals surface area contributed by atoms with Gasteiger partial charge in [0.25, 0.3) is 0 Å². The molecule has 8 nitrogen and oxygen atoms in total. The number of nitrogens with zero attached hydrogens (tertiary/aromatic N) is 2. The highest BCUT2D eigenvalue weighted by Gasteiger charge is 2.15. The summed E-state index contributed by atoms with van der Waals surface area (Å²) in [5.41, 5.74) is 1.46. The molecule has 0 aliphatic carbocycles. The van der Waals surface area contributed by atoms with E-state index in [1.165, 1.54) is 31.0 Å². The molecule has 2 aromatic carbocycles. The molecule has 0 saturated heterocycles. The third kappa shape index (κ3) is 6.14. The van der Waals surface area contributed by atoms with Crippen molar-refractivity contribution in [3.63, 3.8) is 0 Å². The molecule has 3 aromatic rings. The second kappa shape index (κ2) is 9.73. The minimum absolute atomic E-state index is 0.0725. The molecule has 10 heteroatoms. The van der Waals surface area contributed by atoms with Crippen LogP contribution in [0, 0.1) is 0 Å². The number of hydrogen-bond acceptors (Lipinski definition) is 7. The molecule has 0 aliphatic heterocycles. The molecule has 0 aliphatic rings. The quantitative estimate of drug-likeness (QED) is 0.394. The van der Waals surface area contributed by atoms with Gasteiger partial charge in [-0.3, -0.25) is 4.79 Å². The van der Waals surface area contributed by atoms with Crippen molar-refractivity contribution in [1.82, 2.24) is 9.97 Å². The van der Waals surface area contributed by atoms with Gasteiger partial charge in [-0.25, -0.2) is 23.5 Å². The van der Waals surface area contributed by atoms with Crippen molar-refractivity contribution in [2.45, 2.75) is 21.2 Å². The standard InChI is InChI=1S/C21H20N4O4S2/c1-3-20(26)24-15-5-7-16(8-6-15)30-21-10-11-23-19(25-21)13-14-4-9-18(31(22,27)28)17(12-14)29-2/h3-12H,1,13H2,2H3,(H,24,26)(H2,22,27,28). The van der Waals surface area contributed by atoms with Crippen LogP contribution in [-0.2, 0) is 21.2 Å². The monoisotopic (exact) mass is 456 g/mol. The Morgan fingerprint density at radius 1 is 1.23 bits per heavy atom. The Kier molecular flexibility index (Phi) is 7.06. The maximum atomic E-state index is 11.6. The van der Waals surface area contributed by atoms with Crippen molar-refractivity contribution >= 4 is 33.4 Å². The summed E-state index contributed by atoms with van der Waals surface area (Å²) in [6.45, 7) is 3.42. The first-order chi connectivity index (χ1) is 14.8. The molecule has 0 unspecified atom stereocenters. The number of hydrogen-bond donors (Lipinski definition) is 2. The Bertz CT molecular complexity index is 1210. The first-order valence-corrected chi connectivity index (χ1v) is 11.4. The largest absolute Gasteiger partial charge is 0.495 e. The van der Waals surface area contributed by atoms with E-state index in [1.54, 1.807) is 36.5 Å². The van der Waals surface area contributed by atoms with E-state index in [4.69, 9.17) is 9.88 Å². The number of aromatic nitrogens is 2. The lowest BCUT2D eigenvalue weighted by atomic mass is 10.1. The highest BCUT2D eigenvalue weighted by atomic mass is 32.2. The lowest BCUT2D eigenvalue weighted by Gasteiger charge is -2.09. The van der Waals surface area contributed by atoms with Crippen LogP contribution < -0.4 is 15.2 Å². The smallest absolute Gasteiger partial charge is 0.247 e. The van der Waals surface area contributed by atoms with Crippen molar-refractivity contribution in [3.05, 3.63) is 78.8 Å². The highest BCUT2D eigenvalue weighted by Crippen LogP contribution is 2.28. The first-order valence-electron chi connectivity index (χ1n) is 9.01. The molecule has 0 atom stereocenters. The molecule has 0 radical (unpaired) electrons. The number of benzene rings is 2. The fraction of sp³-hybridized carbons (Fsp3) is 0.0952. The molecule has 0 fully saturated rings. The van der Waals surface area contributed by atoms with Gasteiger partial charge in [-0.2, -0.15) is 0 Å². The maximum absolute atomic E-state index is 11.6. The second-order valence-electron chi connectivity index (χ2n) is 6.34. The summed E-state index contributed by atoms with van der Waals surface area (Å²) in [6, 6.07) is 13.8. The van der Waals surface area contributed by atoms with Crippen molar-refractivity contribution < 1.29 is 17.9 Å². The fourth-order valence-corrected chi connectivity index (χ4v) is 4.16. The number of nitrogens with one attached hydrogen (secondary N) is 1. The van der Waals surface area contributed by atoms with E-state index in [1.807, 2.05) is 12.1 Å². The Hall–Kier alpha value is -3.21. The average molecular weight is 457 g/mol. The number of primary sulfonamides is 1. The number of amides is 1. The minimum Gasteiger partial charge on any atom is -0.495 e. The van der Waals surface area contributed by atoms with Crippen LogP contribution in [0.2, 0.25) is 0 Å². The van der Waals surface area contributed by atoms with E-state index in [9.17, 15) is 13.2 Å². The van der Waals surface area contributed by atoms with E-state index in [0.717, 1.165) is 15.5 Å². The van der Waals surface area contributed by atoms with Gasteiger partial charge in [-0.1, -0.05) is 24.4 Å². The van der Waals surface area contributed by atoms with Crippen molar-refractivity contribution in [1.29, 1.82) is 0 Å². The molecule has 31 heavy (non-hydrogen) atoms. The van der Waals surface area contributed by atoms with Crippen LogP contribution in [0.15, 0.2) is 82.2 Å². The molecular formula is C21H20N4O4S2. The van der Waals surface area contributed by atoms with Gasteiger partial charge in [0, 0.05) is 23.2 Å². The van der Waals surface area contributed by atoms with Crippen LogP contribution in [0.1, 0.15) is 11.4 Å². The number of nitrogens with two attached hydrogens (primary N) is 1. The Balaban J connectivity index is 1.73. The molecule has 1 aromatic heterocycles. The van der Waals surface area contributed by atoms with Gasteiger partial charge in [0.05, 0.1) is 7.11 Å². The third-order valence-corrected chi connectivity index (χ3v) is 6.00. The molecule has 160 valence electrons.